The molecule has 4 amide bonds. The van der Waals surface area contributed by atoms with Gasteiger partial charge in [0.1, 0.15) is 17.9 Å². The second-order valence-corrected chi connectivity index (χ2v) is 9.61. The summed E-state index contributed by atoms with van der Waals surface area (Å²) in [5, 5.41) is 2.40. The molecule has 1 aliphatic rings. The molecule has 1 aliphatic heterocycles. The number of amides is 4. The van der Waals surface area contributed by atoms with Crippen molar-refractivity contribution >= 4 is 73.1 Å². The molecule has 1 fully saturated rings. The summed E-state index contributed by atoms with van der Waals surface area (Å²) in [7, 11) is 0. The van der Waals surface area contributed by atoms with Crippen LogP contribution in [0.1, 0.15) is 16.7 Å². The van der Waals surface area contributed by atoms with Crippen molar-refractivity contribution in [2.75, 3.05) is 4.90 Å². The zero-order chi connectivity index (χ0) is 24.4. The van der Waals surface area contributed by atoms with E-state index in [0.29, 0.717) is 26.9 Å². The molecule has 0 atom stereocenters. The van der Waals surface area contributed by atoms with E-state index in [1.165, 1.54) is 17.7 Å². The molecule has 3 aromatic carbocycles. The second kappa shape index (κ2) is 10.1. The number of carbonyl (C=O) groups is 3. The Hall–Kier alpha value is -2.94. The number of imide groups is 2. The Balaban J connectivity index is 1.61. The molecule has 0 unspecified atom stereocenters. The fourth-order valence-electron chi connectivity index (χ4n) is 3.32. The van der Waals surface area contributed by atoms with Gasteiger partial charge in [0.05, 0.1) is 19.7 Å². The average Bonchev–Trinajstić information content (AvgIpc) is 2.78. The zero-order valence-electron chi connectivity index (χ0n) is 17.8. The summed E-state index contributed by atoms with van der Waals surface area (Å²) in [5.41, 5.74) is 2.72. The predicted octanol–water partition coefficient (Wildman–Crippen LogP) is 6.42. The number of benzene rings is 3. The molecule has 1 heterocycles. The Bertz CT molecular complexity index is 1320. The summed E-state index contributed by atoms with van der Waals surface area (Å²) in [4.78, 5) is 38.8. The van der Waals surface area contributed by atoms with Gasteiger partial charge in [-0.1, -0.05) is 53.6 Å². The summed E-state index contributed by atoms with van der Waals surface area (Å²) in [6.07, 6.45) is 1.41. The maximum atomic E-state index is 13.1. The number of nitrogens with zero attached hydrogens (tertiary/aromatic N) is 1. The van der Waals surface area contributed by atoms with E-state index >= 15 is 0 Å². The molecule has 1 N–H and O–H groups in total. The van der Waals surface area contributed by atoms with Crippen LogP contribution in [-0.2, 0) is 16.2 Å². The number of hydrogen-bond acceptors (Lipinski definition) is 4. The van der Waals surface area contributed by atoms with Crippen molar-refractivity contribution < 1.29 is 19.1 Å². The van der Waals surface area contributed by atoms with Crippen LogP contribution >= 0.6 is 43.5 Å². The highest BCUT2D eigenvalue weighted by Crippen LogP contribution is 2.36. The van der Waals surface area contributed by atoms with Crippen LogP contribution in [-0.4, -0.2) is 17.8 Å². The summed E-state index contributed by atoms with van der Waals surface area (Å²) >= 11 is 13.2. The molecular weight excluding hydrogens is 588 g/mol. The van der Waals surface area contributed by atoms with E-state index in [1.807, 2.05) is 31.2 Å². The highest BCUT2D eigenvalue weighted by molar-refractivity contribution is 9.11. The number of nitrogens with one attached hydrogen (secondary N) is 1. The second-order valence-electron chi connectivity index (χ2n) is 7.50. The van der Waals surface area contributed by atoms with Gasteiger partial charge in [-0.05, 0) is 80.3 Å². The standard InChI is InChI=1S/C25H17Br2ClN2O4/c1-14-6-8-15(9-7-14)13-34-22-18(26)11-16(12-19(22)27)10-17-23(31)29-25(33)30(24(17)32)21-5-3-2-4-20(21)28/h2-12H,13H2,1H3,(H,29,31,33)/b17-10+. The number of para-hydroxylation sites is 1. The third-order valence-corrected chi connectivity index (χ3v) is 6.53. The summed E-state index contributed by atoms with van der Waals surface area (Å²) in [6.45, 7) is 2.39. The largest absolute Gasteiger partial charge is 0.487 e. The molecule has 0 aromatic heterocycles. The zero-order valence-corrected chi connectivity index (χ0v) is 21.7. The Morgan fingerprint density at radius 1 is 1.00 bits per heavy atom. The molecule has 6 nitrogen and oxygen atoms in total. The van der Waals surface area contributed by atoms with Crippen LogP contribution in [0, 0.1) is 6.92 Å². The fraction of sp³-hybridized carbons (Fsp3) is 0.0800. The summed E-state index contributed by atoms with van der Waals surface area (Å²) in [5.74, 6) is -0.978. The van der Waals surface area contributed by atoms with Gasteiger partial charge in [-0.25, -0.2) is 9.69 Å². The number of barbiturate groups is 1. The van der Waals surface area contributed by atoms with Gasteiger partial charge in [-0.2, -0.15) is 0 Å². The molecule has 0 spiro atoms. The van der Waals surface area contributed by atoms with Crippen LogP contribution in [0.5, 0.6) is 5.75 Å². The smallest absolute Gasteiger partial charge is 0.335 e. The van der Waals surface area contributed by atoms with Crippen molar-refractivity contribution in [3.8, 4) is 5.75 Å². The van der Waals surface area contributed by atoms with Crippen molar-refractivity contribution in [3.63, 3.8) is 0 Å². The van der Waals surface area contributed by atoms with Gasteiger partial charge in [0.15, 0.2) is 0 Å². The van der Waals surface area contributed by atoms with Gasteiger partial charge in [0.2, 0.25) is 0 Å². The minimum Gasteiger partial charge on any atom is -0.487 e. The van der Waals surface area contributed by atoms with Crippen LogP contribution in [0.25, 0.3) is 6.08 Å². The minimum absolute atomic E-state index is 0.187. The normalized spacial score (nSPS) is 15.0. The van der Waals surface area contributed by atoms with E-state index in [4.69, 9.17) is 16.3 Å². The molecule has 4 rings (SSSR count). The number of ether oxygens (including phenoxy) is 1. The van der Waals surface area contributed by atoms with E-state index < -0.39 is 17.8 Å². The van der Waals surface area contributed by atoms with Crippen molar-refractivity contribution in [1.82, 2.24) is 5.32 Å². The van der Waals surface area contributed by atoms with Gasteiger partial charge in [-0.15, -0.1) is 0 Å². The van der Waals surface area contributed by atoms with Gasteiger partial charge in [0, 0.05) is 0 Å². The molecule has 3 aromatic rings. The molecule has 0 saturated carbocycles. The van der Waals surface area contributed by atoms with Gasteiger partial charge >= 0.3 is 6.03 Å². The third kappa shape index (κ3) is 5.09. The quantitative estimate of drug-likeness (QED) is 0.270. The van der Waals surface area contributed by atoms with Crippen molar-refractivity contribution in [1.29, 1.82) is 0 Å². The Morgan fingerprint density at radius 2 is 1.65 bits per heavy atom. The van der Waals surface area contributed by atoms with Crippen molar-refractivity contribution in [3.05, 3.63) is 96.9 Å². The van der Waals surface area contributed by atoms with Gasteiger partial charge in [-0.3, -0.25) is 14.9 Å². The van der Waals surface area contributed by atoms with Gasteiger partial charge in [0.25, 0.3) is 11.8 Å². The van der Waals surface area contributed by atoms with Crippen molar-refractivity contribution in [2.45, 2.75) is 13.5 Å². The van der Waals surface area contributed by atoms with Crippen LogP contribution in [0.3, 0.4) is 0 Å². The SMILES string of the molecule is Cc1ccc(COc2c(Br)cc(/C=C3\C(=O)NC(=O)N(c4ccccc4Cl)C3=O)cc2Br)cc1. The number of halogens is 3. The first-order chi connectivity index (χ1) is 16.2. The summed E-state index contributed by atoms with van der Waals surface area (Å²) in [6, 6.07) is 17.0. The van der Waals surface area contributed by atoms with Crippen molar-refractivity contribution in [2.24, 2.45) is 0 Å². The van der Waals surface area contributed by atoms with Gasteiger partial charge < -0.3 is 4.74 Å². The van der Waals surface area contributed by atoms with E-state index in [2.05, 4.69) is 37.2 Å². The Morgan fingerprint density at radius 3 is 2.29 bits per heavy atom. The number of hydrogen-bond donors (Lipinski definition) is 1. The molecule has 0 radical (unpaired) electrons. The highest BCUT2D eigenvalue weighted by atomic mass is 79.9. The Labute approximate surface area is 217 Å². The van der Waals surface area contributed by atoms with Crippen LogP contribution in [0.4, 0.5) is 10.5 Å². The number of aryl methyl sites for hydroxylation is 1. The first-order valence-electron chi connectivity index (χ1n) is 10.1. The highest BCUT2D eigenvalue weighted by Gasteiger charge is 2.37. The lowest BCUT2D eigenvalue weighted by Crippen LogP contribution is -2.54. The summed E-state index contributed by atoms with van der Waals surface area (Å²) < 4.78 is 7.21. The third-order valence-electron chi connectivity index (χ3n) is 5.03. The lowest BCUT2D eigenvalue weighted by Gasteiger charge is -2.27. The maximum Gasteiger partial charge on any atom is 0.335 e. The number of anilines is 1. The number of carbonyl (C=O) groups excluding carboxylic acids is 3. The fourth-order valence-corrected chi connectivity index (χ4v) is 4.99. The monoisotopic (exact) mass is 602 g/mol. The molecule has 0 aliphatic carbocycles. The van der Waals surface area contributed by atoms with E-state index in [1.54, 1.807) is 30.3 Å². The molecule has 172 valence electrons. The number of rotatable bonds is 5. The molecule has 1 saturated heterocycles. The average molecular weight is 605 g/mol. The van der Waals surface area contributed by atoms with Crippen LogP contribution < -0.4 is 15.0 Å². The maximum absolute atomic E-state index is 13.1. The molecule has 34 heavy (non-hydrogen) atoms. The van der Waals surface area contributed by atoms with E-state index in [9.17, 15) is 14.4 Å². The molecule has 0 bridgehead atoms. The first kappa shape index (κ1) is 24.2. The first-order valence-corrected chi connectivity index (χ1v) is 12.0. The predicted molar refractivity (Wildman–Crippen MR) is 138 cm³/mol. The van der Waals surface area contributed by atoms with Crippen LogP contribution in [0.15, 0.2) is 75.2 Å². The lowest BCUT2D eigenvalue weighted by molar-refractivity contribution is -0.122. The topological polar surface area (TPSA) is 75.7 Å². The van der Waals surface area contributed by atoms with Crippen LogP contribution in [0.2, 0.25) is 5.02 Å². The Kier molecular flexibility index (Phi) is 7.21. The molecular formula is C25H17Br2ClN2O4. The van der Waals surface area contributed by atoms with E-state index in [0.717, 1.165) is 10.5 Å². The van der Waals surface area contributed by atoms with E-state index in [-0.39, 0.29) is 16.3 Å². The lowest BCUT2D eigenvalue weighted by atomic mass is 10.1. The minimum atomic E-state index is -0.859. The number of urea groups is 1. The molecule has 9 heteroatoms.